The Hall–Kier alpha value is -3.09. The average Bonchev–Trinajstić information content (AvgIpc) is 3.44. The Kier molecular flexibility index (Phi) is 12.0. The molecule has 2 aliphatic heterocycles. The highest BCUT2D eigenvalue weighted by atomic mass is 16.5. The quantitative estimate of drug-likeness (QED) is 0.189. The van der Waals surface area contributed by atoms with Gasteiger partial charge in [0.05, 0.1) is 25.5 Å². The lowest BCUT2D eigenvalue weighted by Gasteiger charge is -2.37. The molecule has 2 aromatic rings. The van der Waals surface area contributed by atoms with Gasteiger partial charge in [0.15, 0.2) is 0 Å². The lowest BCUT2D eigenvalue weighted by Crippen LogP contribution is -2.42. The van der Waals surface area contributed by atoms with E-state index >= 15 is 0 Å². The van der Waals surface area contributed by atoms with Gasteiger partial charge in [0.2, 0.25) is 0 Å². The van der Waals surface area contributed by atoms with Gasteiger partial charge in [0.1, 0.15) is 17.1 Å². The number of hydrogen-bond acceptors (Lipinski definition) is 6. The molecule has 6 heteroatoms. The summed E-state index contributed by atoms with van der Waals surface area (Å²) in [6.07, 6.45) is 9.81. The Morgan fingerprint density at radius 2 is 1.63 bits per heavy atom. The van der Waals surface area contributed by atoms with E-state index in [0.717, 1.165) is 83.2 Å². The molecule has 46 heavy (non-hydrogen) atoms. The van der Waals surface area contributed by atoms with Gasteiger partial charge in [-0.25, -0.2) is 0 Å². The van der Waals surface area contributed by atoms with Crippen molar-refractivity contribution in [3.8, 4) is 5.75 Å². The zero-order valence-corrected chi connectivity index (χ0v) is 29.4. The molecule has 0 spiro atoms. The number of hydrogen-bond donors (Lipinski definition) is 0. The molecule has 2 aromatic carbocycles. The fourth-order valence-electron chi connectivity index (χ4n) is 7.20. The van der Waals surface area contributed by atoms with Crippen molar-refractivity contribution in [2.45, 2.75) is 79.2 Å². The van der Waals surface area contributed by atoms with Crippen molar-refractivity contribution < 1.29 is 9.47 Å². The van der Waals surface area contributed by atoms with Gasteiger partial charge in [-0.15, -0.1) is 0 Å². The number of nitrogens with zero attached hydrogens (tertiary/aromatic N) is 4. The van der Waals surface area contributed by atoms with Crippen molar-refractivity contribution in [1.82, 2.24) is 14.7 Å². The minimum absolute atomic E-state index is 0.302. The van der Waals surface area contributed by atoms with Crippen LogP contribution in [-0.2, 0) is 16.7 Å². The van der Waals surface area contributed by atoms with E-state index in [1.807, 2.05) is 0 Å². The van der Waals surface area contributed by atoms with Crippen LogP contribution in [0.1, 0.15) is 77.0 Å². The van der Waals surface area contributed by atoms with E-state index < -0.39 is 0 Å². The molecule has 2 heterocycles. The Bertz CT molecular complexity index is 1340. The first-order valence-corrected chi connectivity index (χ1v) is 18.0. The molecular formula is C40H58N4O2. The SMILES string of the molecule is CCN(CC)CCCOC1=CC=C(N2CC(C)(c3ccc(OCCc4ccc(C)cc4)cc3)N=C2C2CCN(CC)CC2)C(C)C1. The highest BCUT2D eigenvalue weighted by Crippen LogP contribution is 2.41. The van der Waals surface area contributed by atoms with E-state index in [9.17, 15) is 0 Å². The first kappa shape index (κ1) is 34.3. The van der Waals surface area contributed by atoms with Crippen LogP contribution in [-0.4, -0.2) is 79.6 Å². The zero-order valence-electron chi connectivity index (χ0n) is 29.4. The van der Waals surface area contributed by atoms with Crippen molar-refractivity contribution in [3.05, 3.63) is 88.8 Å². The second kappa shape index (κ2) is 16.1. The maximum Gasteiger partial charge on any atom is 0.119 e. The molecule has 0 saturated carbocycles. The third kappa shape index (κ3) is 8.63. The standard InChI is InChI=1S/C40H58N4O2/c1-7-42(8-2)24-10-27-45-37-19-20-38(32(5)29-37)44-30-40(6,41-39(44)34-21-25-43(9-3)26-22-34)35-15-17-36(18-16-35)46-28-23-33-13-11-31(4)12-14-33/h11-20,32,34H,7-10,21-30H2,1-6H3. The molecule has 6 nitrogen and oxygen atoms in total. The number of likely N-dealkylation sites (tertiary alicyclic amines) is 1. The second-order valence-electron chi connectivity index (χ2n) is 13.7. The molecule has 0 radical (unpaired) electrons. The molecule has 0 bridgehead atoms. The summed E-state index contributed by atoms with van der Waals surface area (Å²) in [5, 5.41) is 0. The first-order valence-electron chi connectivity index (χ1n) is 18.0. The van der Waals surface area contributed by atoms with Gasteiger partial charge in [0.25, 0.3) is 0 Å². The van der Waals surface area contributed by atoms with E-state index in [2.05, 4.69) is 117 Å². The topological polar surface area (TPSA) is 40.5 Å². The highest BCUT2D eigenvalue weighted by molar-refractivity contribution is 5.89. The molecule has 0 N–H and O–H groups in total. The molecule has 0 aromatic heterocycles. The average molecular weight is 627 g/mol. The summed E-state index contributed by atoms with van der Waals surface area (Å²) in [6.45, 7) is 22.6. The predicted octanol–water partition coefficient (Wildman–Crippen LogP) is 7.83. The number of amidine groups is 1. The summed E-state index contributed by atoms with van der Waals surface area (Å²) in [5.74, 6) is 4.19. The van der Waals surface area contributed by atoms with Crippen molar-refractivity contribution in [3.63, 3.8) is 0 Å². The van der Waals surface area contributed by atoms with Gasteiger partial charge in [0, 0.05) is 36.9 Å². The molecule has 250 valence electrons. The Labute approximate surface area is 279 Å². The largest absolute Gasteiger partial charge is 0.498 e. The van der Waals surface area contributed by atoms with Crippen LogP contribution >= 0.6 is 0 Å². The number of aryl methyl sites for hydroxylation is 1. The number of benzene rings is 2. The second-order valence-corrected chi connectivity index (χ2v) is 13.7. The molecule has 0 amide bonds. The van der Waals surface area contributed by atoms with E-state index in [0.29, 0.717) is 18.4 Å². The summed E-state index contributed by atoms with van der Waals surface area (Å²) in [6, 6.07) is 17.4. The van der Waals surface area contributed by atoms with Crippen LogP contribution in [0.3, 0.4) is 0 Å². The van der Waals surface area contributed by atoms with Crippen LogP contribution in [0.5, 0.6) is 5.75 Å². The summed E-state index contributed by atoms with van der Waals surface area (Å²) >= 11 is 0. The lowest BCUT2D eigenvalue weighted by molar-refractivity contribution is 0.171. The van der Waals surface area contributed by atoms with Crippen molar-refractivity contribution in [2.75, 3.05) is 59.0 Å². The molecule has 1 fully saturated rings. The summed E-state index contributed by atoms with van der Waals surface area (Å²) in [4.78, 5) is 13.2. The molecule has 5 rings (SSSR count). The van der Waals surface area contributed by atoms with E-state index in [1.165, 1.54) is 41.1 Å². The number of rotatable bonds is 15. The summed E-state index contributed by atoms with van der Waals surface area (Å²) < 4.78 is 12.4. The zero-order chi connectivity index (χ0) is 32.5. The molecule has 2 atom stereocenters. The van der Waals surface area contributed by atoms with Crippen molar-refractivity contribution >= 4 is 5.84 Å². The van der Waals surface area contributed by atoms with Gasteiger partial charge in [-0.1, -0.05) is 69.7 Å². The van der Waals surface area contributed by atoms with Crippen LogP contribution in [0.2, 0.25) is 0 Å². The summed E-state index contributed by atoms with van der Waals surface area (Å²) in [5.41, 5.74) is 4.93. The molecule has 1 saturated heterocycles. The monoisotopic (exact) mass is 626 g/mol. The van der Waals surface area contributed by atoms with Crippen molar-refractivity contribution in [2.24, 2.45) is 16.8 Å². The van der Waals surface area contributed by atoms with Crippen LogP contribution in [0.15, 0.2) is 77.1 Å². The van der Waals surface area contributed by atoms with Crippen LogP contribution < -0.4 is 4.74 Å². The molecular weight excluding hydrogens is 568 g/mol. The third-order valence-electron chi connectivity index (χ3n) is 10.3. The lowest BCUT2D eigenvalue weighted by atomic mass is 9.90. The predicted molar refractivity (Wildman–Crippen MR) is 191 cm³/mol. The van der Waals surface area contributed by atoms with Gasteiger partial charge < -0.3 is 24.2 Å². The Morgan fingerprint density at radius 3 is 2.28 bits per heavy atom. The normalized spacial score (nSPS) is 22.5. The Morgan fingerprint density at radius 1 is 0.913 bits per heavy atom. The first-order chi connectivity index (χ1) is 22.3. The highest BCUT2D eigenvalue weighted by Gasteiger charge is 2.42. The fourth-order valence-corrected chi connectivity index (χ4v) is 7.20. The molecule has 1 aliphatic carbocycles. The number of piperidine rings is 1. The van der Waals surface area contributed by atoms with Gasteiger partial charge in [-0.2, -0.15) is 0 Å². The van der Waals surface area contributed by atoms with E-state index in [4.69, 9.17) is 14.5 Å². The molecule has 2 unspecified atom stereocenters. The number of ether oxygens (including phenoxy) is 2. The fraction of sp³-hybridized carbons (Fsp3) is 0.575. The van der Waals surface area contributed by atoms with Crippen LogP contribution in [0.25, 0.3) is 0 Å². The minimum Gasteiger partial charge on any atom is -0.498 e. The van der Waals surface area contributed by atoms with Crippen molar-refractivity contribution in [1.29, 1.82) is 0 Å². The molecule has 3 aliphatic rings. The van der Waals surface area contributed by atoms with E-state index in [-0.39, 0.29) is 5.54 Å². The van der Waals surface area contributed by atoms with E-state index in [1.54, 1.807) is 0 Å². The number of aliphatic imine (C=N–C) groups is 1. The van der Waals surface area contributed by atoms with Gasteiger partial charge in [-0.05, 0) is 101 Å². The third-order valence-corrected chi connectivity index (χ3v) is 10.3. The minimum atomic E-state index is -0.302. The van der Waals surface area contributed by atoms with Gasteiger partial charge >= 0.3 is 0 Å². The number of allylic oxidation sites excluding steroid dienone is 4. The van der Waals surface area contributed by atoms with Gasteiger partial charge in [-0.3, -0.25) is 4.99 Å². The smallest absolute Gasteiger partial charge is 0.119 e. The summed E-state index contributed by atoms with van der Waals surface area (Å²) in [7, 11) is 0. The van der Waals surface area contributed by atoms with Crippen LogP contribution in [0, 0.1) is 18.8 Å². The van der Waals surface area contributed by atoms with Crippen LogP contribution in [0.4, 0.5) is 0 Å². The maximum absolute atomic E-state index is 6.27. The Balaban J connectivity index is 1.28. The maximum atomic E-state index is 6.27.